The predicted octanol–water partition coefficient (Wildman–Crippen LogP) is 3.84. The van der Waals surface area contributed by atoms with Gasteiger partial charge in [0, 0.05) is 17.6 Å². The second kappa shape index (κ2) is 6.65. The molecular weight excluding hydrogens is 210 g/mol. The summed E-state index contributed by atoms with van der Waals surface area (Å²) in [6, 6.07) is 7.26. The van der Waals surface area contributed by atoms with Gasteiger partial charge < -0.3 is 10.1 Å². The van der Waals surface area contributed by atoms with Crippen LogP contribution in [0.15, 0.2) is 18.2 Å². The highest BCUT2D eigenvalue weighted by molar-refractivity contribution is 5.39. The Kier molecular flexibility index (Phi) is 5.49. The van der Waals surface area contributed by atoms with Crippen LogP contribution in [-0.4, -0.2) is 13.2 Å². The van der Waals surface area contributed by atoms with E-state index in [0.29, 0.717) is 12.1 Å². The van der Waals surface area contributed by atoms with Gasteiger partial charge in [0.2, 0.25) is 0 Å². The minimum absolute atomic E-state index is 0.326. The molecule has 2 unspecified atom stereocenters. The highest BCUT2D eigenvalue weighted by Gasteiger charge is 2.13. The summed E-state index contributed by atoms with van der Waals surface area (Å²) in [4.78, 5) is 0. The topological polar surface area (TPSA) is 21.3 Å². The minimum Gasteiger partial charge on any atom is -0.496 e. The summed E-state index contributed by atoms with van der Waals surface area (Å²) in [6.07, 6.45) is 2.42. The van der Waals surface area contributed by atoms with Gasteiger partial charge in [-0.3, -0.25) is 0 Å². The second-order valence-corrected chi connectivity index (χ2v) is 4.82. The summed E-state index contributed by atoms with van der Waals surface area (Å²) >= 11 is 0. The first-order valence-electron chi connectivity index (χ1n) is 6.49. The van der Waals surface area contributed by atoms with E-state index < -0.39 is 0 Å². The van der Waals surface area contributed by atoms with Crippen molar-refractivity contribution in [2.24, 2.45) is 0 Å². The van der Waals surface area contributed by atoms with Crippen molar-refractivity contribution >= 4 is 0 Å². The van der Waals surface area contributed by atoms with Gasteiger partial charge in [0.15, 0.2) is 0 Å². The molecule has 0 radical (unpaired) electrons. The van der Waals surface area contributed by atoms with Gasteiger partial charge in [-0.1, -0.05) is 25.5 Å². The third-order valence-electron chi connectivity index (χ3n) is 3.11. The van der Waals surface area contributed by atoms with E-state index in [1.807, 2.05) is 0 Å². The molecule has 2 heteroatoms. The predicted molar refractivity (Wildman–Crippen MR) is 73.7 cm³/mol. The van der Waals surface area contributed by atoms with Gasteiger partial charge in [-0.15, -0.1) is 0 Å². The SMILES string of the molecule is CCCC(C)NC(C)c1ccc(C)cc1OC. The molecule has 1 N–H and O–H groups in total. The highest BCUT2D eigenvalue weighted by atomic mass is 16.5. The molecule has 0 spiro atoms. The Hall–Kier alpha value is -1.02. The zero-order valence-corrected chi connectivity index (χ0v) is 11.7. The fraction of sp³-hybridized carbons (Fsp3) is 0.600. The normalized spacial score (nSPS) is 14.4. The van der Waals surface area contributed by atoms with E-state index >= 15 is 0 Å². The lowest BCUT2D eigenvalue weighted by Gasteiger charge is -2.22. The van der Waals surface area contributed by atoms with Crippen LogP contribution in [0.5, 0.6) is 5.75 Å². The van der Waals surface area contributed by atoms with E-state index in [1.165, 1.54) is 24.0 Å². The standard InChI is InChI=1S/C15H25NO/c1-6-7-12(3)16-13(4)14-9-8-11(2)10-15(14)17-5/h8-10,12-13,16H,6-7H2,1-5H3. The minimum atomic E-state index is 0.326. The largest absolute Gasteiger partial charge is 0.496 e. The summed E-state index contributed by atoms with van der Waals surface area (Å²) in [7, 11) is 1.74. The van der Waals surface area contributed by atoms with E-state index in [0.717, 1.165) is 5.75 Å². The van der Waals surface area contributed by atoms with Gasteiger partial charge in [0.1, 0.15) is 5.75 Å². The molecule has 0 fully saturated rings. The number of hydrogen-bond donors (Lipinski definition) is 1. The Bertz CT molecular complexity index is 349. The molecule has 1 aromatic rings. The summed E-state index contributed by atoms with van der Waals surface area (Å²) in [5.41, 5.74) is 2.47. The lowest BCUT2D eigenvalue weighted by Crippen LogP contribution is -2.28. The van der Waals surface area contributed by atoms with E-state index in [2.05, 4.69) is 51.2 Å². The fourth-order valence-electron chi connectivity index (χ4n) is 2.21. The number of ether oxygens (including phenoxy) is 1. The summed E-state index contributed by atoms with van der Waals surface area (Å²) < 4.78 is 5.45. The van der Waals surface area contributed by atoms with E-state index in [9.17, 15) is 0 Å². The molecule has 0 aliphatic carbocycles. The number of hydrogen-bond acceptors (Lipinski definition) is 2. The van der Waals surface area contributed by atoms with Gasteiger partial charge in [-0.25, -0.2) is 0 Å². The summed E-state index contributed by atoms with van der Waals surface area (Å²) in [5, 5.41) is 3.61. The molecule has 0 heterocycles. The first kappa shape index (κ1) is 14.0. The molecule has 0 aromatic heterocycles. The lowest BCUT2D eigenvalue weighted by molar-refractivity contribution is 0.392. The highest BCUT2D eigenvalue weighted by Crippen LogP contribution is 2.26. The third kappa shape index (κ3) is 4.04. The van der Waals surface area contributed by atoms with Gasteiger partial charge >= 0.3 is 0 Å². The van der Waals surface area contributed by atoms with Crippen LogP contribution in [0.2, 0.25) is 0 Å². The first-order valence-corrected chi connectivity index (χ1v) is 6.49. The van der Waals surface area contributed by atoms with Crippen molar-refractivity contribution in [3.8, 4) is 5.75 Å². The van der Waals surface area contributed by atoms with Crippen LogP contribution < -0.4 is 10.1 Å². The molecule has 0 aliphatic heterocycles. The monoisotopic (exact) mass is 235 g/mol. The Morgan fingerprint density at radius 2 is 2.00 bits per heavy atom. The molecule has 1 aromatic carbocycles. The van der Waals surface area contributed by atoms with Crippen molar-refractivity contribution in [3.05, 3.63) is 29.3 Å². The molecule has 0 aliphatic rings. The van der Waals surface area contributed by atoms with E-state index in [4.69, 9.17) is 4.74 Å². The van der Waals surface area contributed by atoms with Crippen molar-refractivity contribution in [2.45, 2.75) is 52.6 Å². The van der Waals surface area contributed by atoms with Crippen LogP contribution in [-0.2, 0) is 0 Å². The zero-order valence-electron chi connectivity index (χ0n) is 11.7. The first-order chi connectivity index (χ1) is 8.08. The molecule has 2 atom stereocenters. The van der Waals surface area contributed by atoms with Gasteiger partial charge in [-0.05, 0) is 38.8 Å². The average Bonchev–Trinajstić information content (AvgIpc) is 2.28. The van der Waals surface area contributed by atoms with Crippen LogP contribution in [0.1, 0.15) is 50.8 Å². The van der Waals surface area contributed by atoms with Crippen molar-refractivity contribution in [1.29, 1.82) is 0 Å². The Morgan fingerprint density at radius 1 is 1.29 bits per heavy atom. The molecular formula is C15H25NO. The van der Waals surface area contributed by atoms with Crippen molar-refractivity contribution in [2.75, 3.05) is 7.11 Å². The molecule has 0 bridgehead atoms. The molecule has 0 saturated heterocycles. The maximum Gasteiger partial charge on any atom is 0.123 e. The van der Waals surface area contributed by atoms with Crippen LogP contribution in [0, 0.1) is 6.92 Å². The van der Waals surface area contributed by atoms with E-state index in [1.54, 1.807) is 7.11 Å². The fourth-order valence-corrected chi connectivity index (χ4v) is 2.21. The average molecular weight is 235 g/mol. The van der Waals surface area contributed by atoms with Gasteiger partial charge in [-0.2, -0.15) is 0 Å². The molecule has 2 nitrogen and oxygen atoms in total. The summed E-state index contributed by atoms with van der Waals surface area (Å²) in [6.45, 7) is 8.74. The number of benzene rings is 1. The maximum atomic E-state index is 5.45. The van der Waals surface area contributed by atoms with Gasteiger partial charge in [0.05, 0.1) is 7.11 Å². The maximum absolute atomic E-state index is 5.45. The smallest absolute Gasteiger partial charge is 0.123 e. The number of nitrogens with one attached hydrogen (secondary N) is 1. The Balaban J connectivity index is 2.77. The van der Waals surface area contributed by atoms with Crippen LogP contribution in [0.25, 0.3) is 0 Å². The quantitative estimate of drug-likeness (QED) is 0.809. The molecule has 0 saturated carbocycles. The van der Waals surface area contributed by atoms with Crippen molar-refractivity contribution < 1.29 is 4.74 Å². The Labute approximate surface area is 105 Å². The number of aryl methyl sites for hydroxylation is 1. The molecule has 1 rings (SSSR count). The van der Waals surface area contributed by atoms with Crippen LogP contribution in [0.3, 0.4) is 0 Å². The van der Waals surface area contributed by atoms with E-state index in [-0.39, 0.29) is 0 Å². The molecule has 0 amide bonds. The van der Waals surface area contributed by atoms with Crippen molar-refractivity contribution in [1.82, 2.24) is 5.32 Å². The summed E-state index contributed by atoms with van der Waals surface area (Å²) in [5.74, 6) is 0.980. The van der Waals surface area contributed by atoms with Crippen LogP contribution >= 0.6 is 0 Å². The Morgan fingerprint density at radius 3 is 2.59 bits per heavy atom. The lowest BCUT2D eigenvalue weighted by atomic mass is 10.0. The molecule has 96 valence electrons. The van der Waals surface area contributed by atoms with Crippen molar-refractivity contribution in [3.63, 3.8) is 0 Å². The number of methoxy groups -OCH3 is 1. The van der Waals surface area contributed by atoms with Gasteiger partial charge in [0.25, 0.3) is 0 Å². The zero-order chi connectivity index (χ0) is 12.8. The third-order valence-corrected chi connectivity index (χ3v) is 3.11. The van der Waals surface area contributed by atoms with Crippen LogP contribution in [0.4, 0.5) is 0 Å². The molecule has 17 heavy (non-hydrogen) atoms. The number of rotatable bonds is 6. The second-order valence-electron chi connectivity index (χ2n) is 4.82.